The Bertz CT molecular complexity index is 525. The summed E-state index contributed by atoms with van der Waals surface area (Å²) in [6, 6.07) is 0. The average Bonchev–Trinajstić information content (AvgIpc) is 2.76. The van der Waals surface area contributed by atoms with Crippen LogP contribution in [0, 0.1) is 5.41 Å². The van der Waals surface area contributed by atoms with Crippen molar-refractivity contribution in [1.29, 1.82) is 0 Å². The molecule has 0 aliphatic carbocycles. The van der Waals surface area contributed by atoms with Crippen LogP contribution in [0.15, 0.2) is 4.99 Å². The lowest BCUT2D eigenvalue weighted by atomic mass is 9.90. The second-order valence-electron chi connectivity index (χ2n) is 11.5. The van der Waals surface area contributed by atoms with E-state index in [1.165, 1.54) is 57.9 Å². The molecule has 0 spiro atoms. The van der Waals surface area contributed by atoms with Gasteiger partial charge in [0.1, 0.15) is 0 Å². The van der Waals surface area contributed by atoms with Crippen LogP contribution >= 0.6 is 0 Å². The van der Waals surface area contributed by atoms with Gasteiger partial charge in [-0.3, -0.25) is 9.89 Å². The van der Waals surface area contributed by atoms with E-state index in [-0.39, 0.29) is 0 Å². The highest BCUT2D eigenvalue weighted by atomic mass is 15.4. The van der Waals surface area contributed by atoms with Gasteiger partial charge in [-0.05, 0) is 38.9 Å². The number of nitrogens with zero attached hydrogens (tertiary/aromatic N) is 7. The summed E-state index contributed by atoms with van der Waals surface area (Å²) in [7, 11) is 4.46. The molecule has 0 N–H and O–H groups in total. The van der Waals surface area contributed by atoms with E-state index >= 15 is 0 Å². The molecule has 3 heterocycles. The van der Waals surface area contributed by atoms with Gasteiger partial charge in [-0.15, -0.1) is 0 Å². The van der Waals surface area contributed by atoms with Crippen molar-refractivity contribution < 1.29 is 0 Å². The molecule has 0 bridgehead atoms. The van der Waals surface area contributed by atoms with E-state index in [1.807, 2.05) is 0 Å². The molecule has 3 fully saturated rings. The number of rotatable bonds is 7. The van der Waals surface area contributed by atoms with Gasteiger partial charge < -0.3 is 24.5 Å². The van der Waals surface area contributed by atoms with E-state index in [1.54, 1.807) is 0 Å². The lowest BCUT2D eigenvalue weighted by Crippen LogP contribution is -2.56. The molecule has 7 heteroatoms. The average molecular weight is 450 g/mol. The highest BCUT2D eigenvalue weighted by molar-refractivity contribution is 5.80. The Labute approximate surface area is 198 Å². The first-order chi connectivity index (χ1) is 15.3. The van der Waals surface area contributed by atoms with Crippen LogP contribution < -0.4 is 0 Å². The lowest BCUT2D eigenvalue weighted by Gasteiger charge is -2.42. The normalized spacial score (nSPS) is 23.0. The molecule has 3 aliphatic heterocycles. The van der Waals surface area contributed by atoms with Crippen LogP contribution in [0.5, 0.6) is 0 Å². The molecule has 0 amide bonds. The number of likely N-dealkylation sites (N-methyl/N-ethyl adjacent to an activating group) is 2. The molecule has 3 aliphatic rings. The largest absolute Gasteiger partial charge is 0.340 e. The summed E-state index contributed by atoms with van der Waals surface area (Å²) in [6.07, 6.45) is 4.05. The molecule has 0 radical (unpaired) electrons. The molecule has 3 saturated heterocycles. The summed E-state index contributed by atoms with van der Waals surface area (Å²) in [5.41, 5.74) is 0.478. The predicted octanol–water partition coefficient (Wildman–Crippen LogP) is 1.67. The molecule has 0 unspecified atom stereocenters. The van der Waals surface area contributed by atoms with Crippen LogP contribution in [-0.2, 0) is 0 Å². The number of hydrogen-bond acceptors (Lipinski definition) is 5. The zero-order valence-corrected chi connectivity index (χ0v) is 21.9. The van der Waals surface area contributed by atoms with E-state index in [0.717, 1.165) is 65.4 Å². The second kappa shape index (κ2) is 12.5. The SMILES string of the molecule is CN1CCN(C(=NCCN2CCN(CCCCC(C)(C)C)CC2)N2CCN(C)CC2)CC1. The summed E-state index contributed by atoms with van der Waals surface area (Å²) in [6.45, 7) is 24.2. The highest BCUT2D eigenvalue weighted by Crippen LogP contribution is 2.21. The maximum Gasteiger partial charge on any atom is 0.196 e. The summed E-state index contributed by atoms with van der Waals surface area (Å²) in [5, 5.41) is 0. The fraction of sp³-hybridized carbons (Fsp3) is 0.960. The van der Waals surface area contributed by atoms with Gasteiger partial charge in [0.2, 0.25) is 0 Å². The number of unbranched alkanes of at least 4 members (excludes halogenated alkanes) is 1. The summed E-state index contributed by atoms with van der Waals surface area (Å²) >= 11 is 0. The molecule has 0 saturated carbocycles. The maximum atomic E-state index is 5.19. The van der Waals surface area contributed by atoms with Gasteiger partial charge in [0.15, 0.2) is 5.96 Å². The van der Waals surface area contributed by atoms with Crippen molar-refractivity contribution in [3.8, 4) is 0 Å². The number of aliphatic imine (C=N–C) groups is 1. The van der Waals surface area contributed by atoms with Gasteiger partial charge in [-0.25, -0.2) is 0 Å². The van der Waals surface area contributed by atoms with E-state index in [0.29, 0.717) is 5.41 Å². The Kier molecular flexibility index (Phi) is 10.1. The molecule has 0 aromatic heterocycles. The Morgan fingerprint density at radius 2 is 1.09 bits per heavy atom. The fourth-order valence-electron chi connectivity index (χ4n) is 4.93. The quantitative estimate of drug-likeness (QED) is 0.334. The molecule has 7 nitrogen and oxygen atoms in total. The van der Waals surface area contributed by atoms with E-state index < -0.39 is 0 Å². The summed E-state index contributed by atoms with van der Waals surface area (Å²) in [5.74, 6) is 1.27. The van der Waals surface area contributed by atoms with E-state index in [9.17, 15) is 0 Å². The van der Waals surface area contributed by atoms with E-state index in [2.05, 4.69) is 64.3 Å². The maximum absolute atomic E-state index is 5.19. The number of guanidine groups is 1. The van der Waals surface area contributed by atoms with Gasteiger partial charge in [0.05, 0.1) is 6.54 Å². The van der Waals surface area contributed by atoms with Gasteiger partial charge in [-0.1, -0.05) is 27.2 Å². The zero-order chi connectivity index (χ0) is 23.0. The summed E-state index contributed by atoms with van der Waals surface area (Å²) in [4.78, 5) is 20.4. The zero-order valence-electron chi connectivity index (χ0n) is 21.9. The third kappa shape index (κ3) is 8.81. The molecule has 0 aromatic carbocycles. The summed E-state index contributed by atoms with van der Waals surface area (Å²) < 4.78 is 0. The smallest absolute Gasteiger partial charge is 0.196 e. The van der Waals surface area contributed by atoms with Gasteiger partial charge in [0, 0.05) is 85.1 Å². The Hall–Kier alpha value is -0.890. The highest BCUT2D eigenvalue weighted by Gasteiger charge is 2.25. The predicted molar refractivity (Wildman–Crippen MR) is 137 cm³/mol. The van der Waals surface area contributed by atoms with Crippen molar-refractivity contribution in [3.63, 3.8) is 0 Å². The van der Waals surface area contributed by atoms with Crippen molar-refractivity contribution in [2.24, 2.45) is 10.4 Å². The molecule has 32 heavy (non-hydrogen) atoms. The van der Waals surface area contributed by atoms with Gasteiger partial charge >= 0.3 is 0 Å². The van der Waals surface area contributed by atoms with Crippen LogP contribution in [-0.4, -0.2) is 148 Å². The molecular formula is C25H51N7. The van der Waals surface area contributed by atoms with Crippen molar-refractivity contribution in [2.45, 2.75) is 40.0 Å². The standard InChI is InChI=1S/C25H51N7/c1-25(2,3)8-6-7-10-29-16-18-30(19-17-29)11-9-26-24(31-20-12-27(4)13-21-31)32-22-14-28(5)15-23-32/h6-23H2,1-5H3. The monoisotopic (exact) mass is 449 g/mol. The van der Waals surface area contributed by atoms with Crippen molar-refractivity contribution in [1.82, 2.24) is 29.4 Å². The first kappa shape index (κ1) is 25.7. The Balaban J connectivity index is 1.41. The third-order valence-electron chi connectivity index (χ3n) is 7.36. The van der Waals surface area contributed by atoms with Crippen molar-refractivity contribution in [3.05, 3.63) is 0 Å². The minimum absolute atomic E-state index is 0.478. The molecule has 3 rings (SSSR count). The molecule has 186 valence electrons. The third-order valence-corrected chi connectivity index (χ3v) is 7.36. The number of hydrogen-bond donors (Lipinski definition) is 0. The lowest BCUT2D eigenvalue weighted by molar-refractivity contribution is 0.132. The first-order valence-electron chi connectivity index (χ1n) is 13.2. The van der Waals surface area contributed by atoms with Crippen LogP contribution in [0.4, 0.5) is 0 Å². The van der Waals surface area contributed by atoms with Crippen molar-refractivity contribution >= 4 is 5.96 Å². The fourth-order valence-corrected chi connectivity index (χ4v) is 4.93. The van der Waals surface area contributed by atoms with Gasteiger partial charge in [0.25, 0.3) is 0 Å². The van der Waals surface area contributed by atoms with Crippen LogP contribution in [0.1, 0.15) is 40.0 Å². The first-order valence-corrected chi connectivity index (χ1v) is 13.2. The van der Waals surface area contributed by atoms with Gasteiger partial charge in [-0.2, -0.15) is 0 Å². The van der Waals surface area contributed by atoms with Crippen LogP contribution in [0.2, 0.25) is 0 Å². The second-order valence-corrected chi connectivity index (χ2v) is 11.5. The molecular weight excluding hydrogens is 398 g/mol. The van der Waals surface area contributed by atoms with Crippen LogP contribution in [0.25, 0.3) is 0 Å². The van der Waals surface area contributed by atoms with Crippen LogP contribution in [0.3, 0.4) is 0 Å². The number of piperazine rings is 3. The molecule has 0 aromatic rings. The molecule has 0 atom stereocenters. The van der Waals surface area contributed by atoms with E-state index in [4.69, 9.17) is 4.99 Å². The Morgan fingerprint density at radius 3 is 1.56 bits per heavy atom. The Morgan fingerprint density at radius 1 is 0.625 bits per heavy atom. The minimum atomic E-state index is 0.478. The minimum Gasteiger partial charge on any atom is -0.340 e. The van der Waals surface area contributed by atoms with Crippen molar-refractivity contribution in [2.75, 3.05) is 112 Å². The topological polar surface area (TPSA) is 31.8 Å².